The van der Waals surface area contributed by atoms with Crippen LogP contribution in [-0.4, -0.2) is 15.0 Å². The zero-order chi connectivity index (χ0) is 12.1. The highest BCUT2D eigenvalue weighted by Crippen LogP contribution is 2.19. The van der Waals surface area contributed by atoms with Crippen molar-refractivity contribution in [2.75, 3.05) is 0 Å². The molecule has 17 heavy (non-hydrogen) atoms. The van der Waals surface area contributed by atoms with Crippen molar-refractivity contribution in [3.8, 4) is 0 Å². The molecule has 0 atom stereocenters. The van der Waals surface area contributed by atoms with Crippen molar-refractivity contribution in [3.05, 3.63) is 52.8 Å². The van der Waals surface area contributed by atoms with E-state index in [0.29, 0.717) is 11.6 Å². The highest BCUT2D eigenvalue weighted by Gasteiger charge is 2.09. The number of halogens is 1. The van der Waals surface area contributed by atoms with Gasteiger partial charge in [-0.3, -0.25) is 4.98 Å². The van der Waals surface area contributed by atoms with Crippen LogP contribution in [0.4, 0.5) is 0 Å². The second-order valence-electron chi connectivity index (χ2n) is 3.84. The van der Waals surface area contributed by atoms with Crippen LogP contribution in [0.2, 0.25) is 5.15 Å². The largest absolute Gasteiger partial charge is 0.261 e. The number of hydrogen-bond acceptors (Lipinski definition) is 3. The maximum atomic E-state index is 6.10. The van der Waals surface area contributed by atoms with E-state index in [4.69, 9.17) is 11.6 Å². The number of pyridine rings is 1. The van der Waals surface area contributed by atoms with Crippen molar-refractivity contribution >= 4 is 11.6 Å². The van der Waals surface area contributed by atoms with Gasteiger partial charge in [0, 0.05) is 23.9 Å². The molecule has 0 aliphatic rings. The molecule has 2 rings (SSSR count). The van der Waals surface area contributed by atoms with Crippen LogP contribution >= 0.6 is 11.6 Å². The Morgan fingerprint density at radius 3 is 2.76 bits per heavy atom. The molecule has 2 heterocycles. The molecule has 0 radical (unpaired) electrons. The summed E-state index contributed by atoms with van der Waals surface area (Å²) < 4.78 is 0. The lowest BCUT2D eigenvalue weighted by Gasteiger charge is -2.08. The molecule has 0 aliphatic carbocycles. The SMILES string of the molecule is CCCc1c(Cl)ncnc1Cc1ccccn1. The fourth-order valence-corrected chi connectivity index (χ4v) is 2.00. The topological polar surface area (TPSA) is 38.7 Å². The smallest absolute Gasteiger partial charge is 0.135 e. The van der Waals surface area contributed by atoms with Gasteiger partial charge in [0.2, 0.25) is 0 Å². The first-order valence-corrected chi connectivity index (χ1v) is 6.07. The van der Waals surface area contributed by atoms with Gasteiger partial charge in [0.05, 0.1) is 5.69 Å². The second-order valence-corrected chi connectivity index (χ2v) is 4.20. The molecule has 0 aromatic carbocycles. The normalized spacial score (nSPS) is 10.5. The minimum Gasteiger partial charge on any atom is -0.261 e. The molecule has 0 aliphatic heterocycles. The third-order valence-electron chi connectivity index (χ3n) is 2.56. The van der Waals surface area contributed by atoms with E-state index < -0.39 is 0 Å². The zero-order valence-corrected chi connectivity index (χ0v) is 10.5. The predicted octanol–water partition coefficient (Wildman–Crippen LogP) is 3.07. The molecule has 0 saturated heterocycles. The van der Waals surface area contributed by atoms with Crippen molar-refractivity contribution in [2.24, 2.45) is 0 Å². The summed E-state index contributed by atoms with van der Waals surface area (Å²) in [5, 5.41) is 0.563. The monoisotopic (exact) mass is 247 g/mol. The Morgan fingerprint density at radius 1 is 1.18 bits per heavy atom. The highest BCUT2D eigenvalue weighted by molar-refractivity contribution is 6.30. The van der Waals surface area contributed by atoms with Crippen LogP contribution in [0, 0.1) is 0 Å². The van der Waals surface area contributed by atoms with Crippen LogP contribution < -0.4 is 0 Å². The lowest BCUT2D eigenvalue weighted by molar-refractivity contribution is 0.860. The van der Waals surface area contributed by atoms with Gasteiger partial charge in [0.1, 0.15) is 11.5 Å². The van der Waals surface area contributed by atoms with Crippen LogP contribution in [0.15, 0.2) is 30.7 Å². The van der Waals surface area contributed by atoms with Crippen LogP contribution in [0.25, 0.3) is 0 Å². The van der Waals surface area contributed by atoms with Crippen LogP contribution in [0.5, 0.6) is 0 Å². The molecule has 2 aromatic rings. The summed E-state index contributed by atoms with van der Waals surface area (Å²) in [5.74, 6) is 0. The second kappa shape index (κ2) is 5.73. The minimum absolute atomic E-state index is 0.563. The Labute approximate surface area is 106 Å². The van der Waals surface area contributed by atoms with Crippen molar-refractivity contribution in [1.82, 2.24) is 15.0 Å². The Balaban J connectivity index is 2.29. The zero-order valence-electron chi connectivity index (χ0n) is 9.73. The first-order valence-electron chi connectivity index (χ1n) is 5.69. The molecular formula is C13H14ClN3. The van der Waals surface area contributed by atoms with Gasteiger partial charge in [-0.1, -0.05) is 31.0 Å². The molecule has 0 amide bonds. The third kappa shape index (κ3) is 3.01. The summed E-state index contributed by atoms with van der Waals surface area (Å²) in [6.45, 7) is 2.12. The molecule has 0 unspecified atom stereocenters. The van der Waals surface area contributed by atoms with Gasteiger partial charge >= 0.3 is 0 Å². The maximum absolute atomic E-state index is 6.10. The molecule has 0 bridgehead atoms. The fraction of sp³-hybridized carbons (Fsp3) is 0.308. The number of aromatic nitrogens is 3. The van der Waals surface area contributed by atoms with E-state index in [0.717, 1.165) is 29.8 Å². The van der Waals surface area contributed by atoms with Gasteiger partial charge in [-0.2, -0.15) is 0 Å². The average Bonchev–Trinajstić information content (AvgIpc) is 2.35. The predicted molar refractivity (Wildman–Crippen MR) is 68.1 cm³/mol. The van der Waals surface area contributed by atoms with Crippen LogP contribution in [0.1, 0.15) is 30.3 Å². The van der Waals surface area contributed by atoms with Crippen molar-refractivity contribution in [2.45, 2.75) is 26.2 Å². The van der Waals surface area contributed by atoms with Crippen molar-refractivity contribution < 1.29 is 0 Å². The molecule has 0 spiro atoms. The molecule has 0 N–H and O–H groups in total. The van der Waals surface area contributed by atoms with Crippen LogP contribution in [-0.2, 0) is 12.8 Å². The van der Waals surface area contributed by atoms with E-state index >= 15 is 0 Å². The van der Waals surface area contributed by atoms with E-state index in [2.05, 4.69) is 21.9 Å². The molecule has 0 saturated carbocycles. The van der Waals surface area contributed by atoms with E-state index in [1.807, 2.05) is 18.2 Å². The molecule has 0 fully saturated rings. The fourth-order valence-electron chi connectivity index (χ4n) is 1.75. The summed E-state index contributed by atoms with van der Waals surface area (Å²) in [6, 6.07) is 5.87. The number of hydrogen-bond donors (Lipinski definition) is 0. The first-order chi connectivity index (χ1) is 8.31. The lowest BCUT2D eigenvalue weighted by Crippen LogP contribution is -2.02. The van der Waals surface area contributed by atoms with E-state index in [-0.39, 0.29) is 0 Å². The Morgan fingerprint density at radius 2 is 2.06 bits per heavy atom. The van der Waals surface area contributed by atoms with Gasteiger partial charge in [0.15, 0.2) is 0 Å². The van der Waals surface area contributed by atoms with Crippen LogP contribution in [0.3, 0.4) is 0 Å². The molecule has 2 aromatic heterocycles. The maximum Gasteiger partial charge on any atom is 0.135 e. The number of rotatable bonds is 4. The van der Waals surface area contributed by atoms with Gasteiger partial charge in [-0.25, -0.2) is 9.97 Å². The third-order valence-corrected chi connectivity index (χ3v) is 2.88. The summed E-state index contributed by atoms with van der Waals surface area (Å²) in [7, 11) is 0. The average molecular weight is 248 g/mol. The standard InChI is InChI=1S/C13H14ClN3/c1-2-5-11-12(16-9-17-13(11)14)8-10-6-3-4-7-15-10/h3-4,6-7,9H,2,5,8H2,1H3. The van der Waals surface area contributed by atoms with Gasteiger partial charge in [-0.05, 0) is 18.6 Å². The molecule has 4 heteroatoms. The van der Waals surface area contributed by atoms with Gasteiger partial charge in [0.25, 0.3) is 0 Å². The quantitative estimate of drug-likeness (QED) is 0.780. The summed E-state index contributed by atoms with van der Waals surface area (Å²) in [4.78, 5) is 12.7. The Kier molecular flexibility index (Phi) is 4.04. The summed E-state index contributed by atoms with van der Waals surface area (Å²) >= 11 is 6.10. The van der Waals surface area contributed by atoms with Crippen molar-refractivity contribution in [3.63, 3.8) is 0 Å². The van der Waals surface area contributed by atoms with E-state index in [9.17, 15) is 0 Å². The van der Waals surface area contributed by atoms with Crippen molar-refractivity contribution in [1.29, 1.82) is 0 Å². The summed E-state index contributed by atoms with van der Waals surface area (Å²) in [5.41, 5.74) is 3.02. The van der Waals surface area contributed by atoms with E-state index in [1.165, 1.54) is 6.33 Å². The van der Waals surface area contributed by atoms with Gasteiger partial charge in [-0.15, -0.1) is 0 Å². The molecule has 88 valence electrons. The number of nitrogens with zero attached hydrogens (tertiary/aromatic N) is 3. The minimum atomic E-state index is 0.563. The summed E-state index contributed by atoms with van der Waals surface area (Å²) in [6.07, 6.45) is 5.94. The van der Waals surface area contributed by atoms with Gasteiger partial charge < -0.3 is 0 Å². The highest BCUT2D eigenvalue weighted by atomic mass is 35.5. The Hall–Kier alpha value is -1.48. The lowest BCUT2D eigenvalue weighted by atomic mass is 10.1. The first kappa shape index (κ1) is 12.0. The molecule has 3 nitrogen and oxygen atoms in total. The molecular weight excluding hydrogens is 234 g/mol. The Bertz CT molecular complexity index is 485. The van der Waals surface area contributed by atoms with E-state index in [1.54, 1.807) is 6.20 Å².